The molecule has 0 saturated carbocycles. The molecule has 0 aliphatic carbocycles. The quantitative estimate of drug-likeness (QED) is 0.719. The summed E-state index contributed by atoms with van der Waals surface area (Å²) in [5, 5.41) is 0.272. The highest BCUT2D eigenvalue weighted by molar-refractivity contribution is 6.61. The highest BCUT2D eigenvalue weighted by Gasteiger charge is 2.06. The summed E-state index contributed by atoms with van der Waals surface area (Å²) in [6.45, 7) is 0. The van der Waals surface area contributed by atoms with E-state index in [1.807, 2.05) is 0 Å². The standard InChI is InChI=1S/C8H6Cl2O3/c1-12-5-2-3-7(6(9)4-5)13-8(10)11/h2-4H,1H3. The van der Waals surface area contributed by atoms with Crippen LogP contribution in [0.3, 0.4) is 0 Å². The van der Waals surface area contributed by atoms with E-state index in [0.717, 1.165) is 0 Å². The third-order valence-electron chi connectivity index (χ3n) is 1.33. The molecule has 0 heterocycles. The van der Waals surface area contributed by atoms with Gasteiger partial charge in [0.15, 0.2) is 5.75 Å². The van der Waals surface area contributed by atoms with Crippen molar-refractivity contribution in [1.82, 2.24) is 0 Å². The van der Waals surface area contributed by atoms with Crippen LogP contribution in [0, 0.1) is 0 Å². The van der Waals surface area contributed by atoms with Gasteiger partial charge in [-0.2, -0.15) is 0 Å². The molecule has 0 bridgehead atoms. The zero-order chi connectivity index (χ0) is 9.84. The summed E-state index contributed by atoms with van der Waals surface area (Å²) in [5.74, 6) is 0.793. The van der Waals surface area contributed by atoms with Crippen LogP contribution in [0.2, 0.25) is 5.02 Å². The van der Waals surface area contributed by atoms with Gasteiger partial charge in [0.1, 0.15) is 5.75 Å². The Morgan fingerprint density at radius 3 is 2.62 bits per heavy atom. The molecule has 0 atom stereocenters. The molecular weight excluding hydrogens is 215 g/mol. The molecule has 1 rings (SSSR count). The zero-order valence-corrected chi connectivity index (χ0v) is 8.22. The van der Waals surface area contributed by atoms with Crippen LogP contribution in [0.5, 0.6) is 11.5 Å². The van der Waals surface area contributed by atoms with Crippen molar-refractivity contribution >= 4 is 28.6 Å². The Hall–Kier alpha value is -0.930. The largest absolute Gasteiger partial charge is 0.497 e. The van der Waals surface area contributed by atoms with E-state index in [0.29, 0.717) is 5.75 Å². The average molecular weight is 221 g/mol. The summed E-state index contributed by atoms with van der Waals surface area (Å²) in [7, 11) is 1.51. The molecular formula is C8H6Cl2O3. The van der Waals surface area contributed by atoms with E-state index in [1.165, 1.54) is 19.2 Å². The highest BCUT2D eigenvalue weighted by atomic mass is 35.5. The molecule has 70 valence electrons. The topological polar surface area (TPSA) is 35.5 Å². The van der Waals surface area contributed by atoms with Crippen LogP contribution in [-0.2, 0) is 0 Å². The van der Waals surface area contributed by atoms with Crippen molar-refractivity contribution in [1.29, 1.82) is 0 Å². The van der Waals surface area contributed by atoms with Gasteiger partial charge in [0.2, 0.25) is 0 Å². The van der Waals surface area contributed by atoms with Crippen LogP contribution < -0.4 is 9.47 Å². The first-order valence-corrected chi connectivity index (χ1v) is 4.10. The number of benzene rings is 1. The molecule has 0 unspecified atom stereocenters. The maximum atomic E-state index is 10.4. The normalized spacial score (nSPS) is 9.46. The smallest absolute Gasteiger partial charge is 0.409 e. The fourth-order valence-corrected chi connectivity index (χ4v) is 1.07. The monoisotopic (exact) mass is 220 g/mol. The number of carbonyl (C=O) groups is 1. The fourth-order valence-electron chi connectivity index (χ4n) is 0.778. The lowest BCUT2D eigenvalue weighted by Gasteiger charge is -2.04. The molecule has 0 fully saturated rings. The summed E-state index contributed by atoms with van der Waals surface area (Å²) in [6, 6.07) is 4.64. The van der Waals surface area contributed by atoms with Gasteiger partial charge in [-0.05, 0) is 12.1 Å². The third kappa shape index (κ3) is 2.79. The Balaban J connectivity index is 2.91. The van der Waals surface area contributed by atoms with Crippen molar-refractivity contribution < 1.29 is 14.3 Å². The van der Waals surface area contributed by atoms with Crippen LogP contribution >= 0.6 is 23.2 Å². The second-order valence-corrected chi connectivity index (χ2v) is 2.85. The number of carbonyl (C=O) groups excluding carboxylic acids is 1. The van der Waals surface area contributed by atoms with Crippen LogP contribution in [-0.4, -0.2) is 12.5 Å². The van der Waals surface area contributed by atoms with Crippen molar-refractivity contribution in [2.75, 3.05) is 7.11 Å². The van der Waals surface area contributed by atoms with Crippen molar-refractivity contribution in [2.24, 2.45) is 0 Å². The molecule has 1 aromatic rings. The van der Waals surface area contributed by atoms with Crippen molar-refractivity contribution in [3.63, 3.8) is 0 Å². The lowest BCUT2D eigenvalue weighted by molar-refractivity contribution is 0.225. The molecule has 0 N–H and O–H groups in total. The first-order valence-electron chi connectivity index (χ1n) is 3.34. The number of hydrogen-bond donors (Lipinski definition) is 0. The van der Waals surface area contributed by atoms with E-state index in [4.69, 9.17) is 27.9 Å². The minimum atomic E-state index is -0.924. The number of methoxy groups -OCH3 is 1. The first-order chi connectivity index (χ1) is 6.13. The Morgan fingerprint density at radius 2 is 2.15 bits per heavy atom. The molecule has 3 nitrogen and oxygen atoms in total. The zero-order valence-electron chi connectivity index (χ0n) is 6.71. The SMILES string of the molecule is COc1ccc(OC(=O)Cl)c(Cl)c1. The van der Waals surface area contributed by atoms with Crippen LogP contribution in [0.4, 0.5) is 4.79 Å². The highest BCUT2D eigenvalue weighted by Crippen LogP contribution is 2.28. The molecule has 0 spiro atoms. The van der Waals surface area contributed by atoms with Gasteiger partial charge in [-0.15, -0.1) is 0 Å². The summed E-state index contributed by atoms with van der Waals surface area (Å²) >= 11 is 10.7. The predicted molar refractivity (Wildman–Crippen MR) is 49.9 cm³/mol. The lowest BCUT2D eigenvalue weighted by Crippen LogP contribution is -1.96. The van der Waals surface area contributed by atoms with E-state index < -0.39 is 5.43 Å². The molecule has 0 aliphatic heterocycles. The molecule has 0 amide bonds. The maximum absolute atomic E-state index is 10.4. The van der Waals surface area contributed by atoms with Crippen molar-refractivity contribution in [3.05, 3.63) is 23.2 Å². The fraction of sp³-hybridized carbons (Fsp3) is 0.125. The number of ether oxygens (including phenoxy) is 2. The van der Waals surface area contributed by atoms with E-state index in [-0.39, 0.29) is 10.8 Å². The summed E-state index contributed by atoms with van der Waals surface area (Å²) in [4.78, 5) is 10.4. The van der Waals surface area contributed by atoms with Gasteiger partial charge in [0.25, 0.3) is 0 Å². The lowest BCUT2D eigenvalue weighted by atomic mass is 10.3. The van der Waals surface area contributed by atoms with Crippen molar-refractivity contribution in [2.45, 2.75) is 0 Å². The van der Waals surface area contributed by atoms with Crippen LogP contribution in [0.25, 0.3) is 0 Å². The van der Waals surface area contributed by atoms with Gasteiger partial charge in [0, 0.05) is 17.7 Å². The number of halogens is 2. The Morgan fingerprint density at radius 1 is 1.46 bits per heavy atom. The summed E-state index contributed by atoms with van der Waals surface area (Å²) in [5.41, 5.74) is -0.924. The Labute approximate surface area is 85.2 Å². The Kier molecular flexibility index (Phi) is 3.39. The van der Waals surface area contributed by atoms with Crippen LogP contribution in [0.1, 0.15) is 0 Å². The van der Waals surface area contributed by atoms with E-state index >= 15 is 0 Å². The van der Waals surface area contributed by atoms with Crippen LogP contribution in [0.15, 0.2) is 18.2 Å². The van der Waals surface area contributed by atoms with Gasteiger partial charge in [0.05, 0.1) is 12.1 Å². The van der Waals surface area contributed by atoms with Gasteiger partial charge >= 0.3 is 5.43 Å². The molecule has 0 aliphatic rings. The predicted octanol–water partition coefficient (Wildman–Crippen LogP) is 3.09. The summed E-state index contributed by atoms with van der Waals surface area (Å²) in [6.07, 6.45) is 0. The minimum Gasteiger partial charge on any atom is -0.497 e. The molecule has 0 saturated heterocycles. The second-order valence-electron chi connectivity index (χ2n) is 2.14. The van der Waals surface area contributed by atoms with Gasteiger partial charge in [-0.3, -0.25) is 0 Å². The minimum absolute atomic E-state index is 0.211. The van der Waals surface area contributed by atoms with E-state index in [9.17, 15) is 4.79 Å². The Bertz CT molecular complexity index is 325. The first kappa shape index (κ1) is 10.2. The molecule has 0 radical (unpaired) electrons. The third-order valence-corrected chi connectivity index (χ3v) is 1.70. The van der Waals surface area contributed by atoms with Gasteiger partial charge in [-0.1, -0.05) is 11.6 Å². The van der Waals surface area contributed by atoms with E-state index in [1.54, 1.807) is 6.07 Å². The molecule has 5 heteroatoms. The maximum Gasteiger partial charge on any atom is 0.409 e. The molecule has 13 heavy (non-hydrogen) atoms. The van der Waals surface area contributed by atoms with E-state index in [2.05, 4.69) is 4.74 Å². The van der Waals surface area contributed by atoms with Crippen molar-refractivity contribution in [3.8, 4) is 11.5 Å². The molecule has 0 aromatic heterocycles. The van der Waals surface area contributed by atoms with Gasteiger partial charge in [-0.25, -0.2) is 4.79 Å². The number of rotatable bonds is 2. The molecule has 1 aromatic carbocycles. The van der Waals surface area contributed by atoms with Gasteiger partial charge < -0.3 is 9.47 Å². The number of hydrogen-bond acceptors (Lipinski definition) is 3. The average Bonchev–Trinajstić information content (AvgIpc) is 2.08. The summed E-state index contributed by atoms with van der Waals surface area (Å²) < 4.78 is 9.48. The second kappa shape index (κ2) is 4.35.